The van der Waals surface area contributed by atoms with Crippen LogP contribution < -0.4 is 10.1 Å². The smallest absolute Gasteiger partial charge is 0.260 e. The molecule has 28 heavy (non-hydrogen) atoms. The molecule has 1 fully saturated rings. The molecule has 0 spiro atoms. The molecule has 1 aliphatic heterocycles. The maximum absolute atomic E-state index is 13.2. The van der Waals surface area contributed by atoms with Gasteiger partial charge in [0.25, 0.3) is 5.91 Å². The average Bonchev–Trinajstić information content (AvgIpc) is 2.70. The summed E-state index contributed by atoms with van der Waals surface area (Å²) < 4.78 is 31.7. The average molecular weight is 388 g/mol. The number of likely N-dealkylation sites (tertiary alicyclic amines) is 1. The van der Waals surface area contributed by atoms with Crippen LogP contribution in [-0.2, 0) is 9.59 Å². The Morgan fingerprint density at radius 2 is 1.75 bits per heavy atom. The Hall–Kier alpha value is -2.96. The third-order valence-corrected chi connectivity index (χ3v) is 4.79. The van der Waals surface area contributed by atoms with Crippen LogP contribution >= 0.6 is 0 Å². The van der Waals surface area contributed by atoms with Crippen molar-refractivity contribution in [2.45, 2.75) is 19.8 Å². The Bertz CT molecular complexity index is 847. The minimum atomic E-state index is -1.01. The summed E-state index contributed by atoms with van der Waals surface area (Å²) in [5, 5.41) is 2.60. The van der Waals surface area contributed by atoms with Crippen molar-refractivity contribution in [3.63, 3.8) is 0 Å². The van der Waals surface area contributed by atoms with Crippen molar-refractivity contribution < 1.29 is 23.1 Å². The van der Waals surface area contributed by atoms with Crippen molar-refractivity contribution in [2.24, 2.45) is 5.92 Å². The van der Waals surface area contributed by atoms with Gasteiger partial charge in [-0.1, -0.05) is 17.7 Å². The van der Waals surface area contributed by atoms with E-state index in [0.717, 1.165) is 17.7 Å². The second-order valence-corrected chi connectivity index (χ2v) is 6.87. The molecular weight excluding hydrogens is 366 g/mol. The van der Waals surface area contributed by atoms with Gasteiger partial charge in [-0.2, -0.15) is 0 Å². The second-order valence-electron chi connectivity index (χ2n) is 6.87. The van der Waals surface area contributed by atoms with Gasteiger partial charge in [-0.15, -0.1) is 0 Å². The molecule has 1 N–H and O–H groups in total. The zero-order chi connectivity index (χ0) is 20.1. The summed E-state index contributed by atoms with van der Waals surface area (Å²) in [6, 6.07) is 10.7. The zero-order valence-electron chi connectivity index (χ0n) is 15.6. The molecule has 2 aromatic carbocycles. The van der Waals surface area contributed by atoms with Crippen molar-refractivity contribution in [2.75, 3.05) is 25.0 Å². The number of carbonyl (C=O) groups is 2. The molecule has 148 valence electrons. The highest BCUT2D eigenvalue weighted by Crippen LogP contribution is 2.21. The largest absolute Gasteiger partial charge is 0.484 e. The first-order chi connectivity index (χ1) is 13.4. The van der Waals surface area contributed by atoms with E-state index in [1.165, 1.54) is 6.07 Å². The van der Waals surface area contributed by atoms with E-state index in [9.17, 15) is 18.4 Å². The first-order valence-electron chi connectivity index (χ1n) is 9.15. The number of hydrogen-bond acceptors (Lipinski definition) is 3. The predicted molar refractivity (Wildman–Crippen MR) is 101 cm³/mol. The third kappa shape index (κ3) is 5.06. The summed E-state index contributed by atoms with van der Waals surface area (Å²) in [6.45, 7) is 2.83. The Morgan fingerprint density at radius 3 is 2.39 bits per heavy atom. The topological polar surface area (TPSA) is 58.6 Å². The van der Waals surface area contributed by atoms with Gasteiger partial charge < -0.3 is 15.0 Å². The maximum Gasteiger partial charge on any atom is 0.260 e. The van der Waals surface area contributed by atoms with Crippen LogP contribution in [0.4, 0.5) is 14.5 Å². The molecule has 3 rings (SSSR count). The van der Waals surface area contributed by atoms with Gasteiger partial charge >= 0.3 is 0 Å². The van der Waals surface area contributed by atoms with Crippen molar-refractivity contribution >= 4 is 17.5 Å². The molecule has 5 nitrogen and oxygen atoms in total. The number of ether oxygens (including phenoxy) is 1. The van der Waals surface area contributed by atoms with Gasteiger partial charge in [0.1, 0.15) is 5.75 Å². The Labute approximate surface area is 162 Å². The van der Waals surface area contributed by atoms with Crippen LogP contribution in [0, 0.1) is 24.5 Å². The normalized spacial score (nSPS) is 14.6. The summed E-state index contributed by atoms with van der Waals surface area (Å²) in [5.41, 5.74) is 1.33. The maximum atomic E-state index is 13.2. The standard InChI is InChI=1S/C21H22F2N2O3/c1-14-2-5-17(6-3-14)28-13-20(26)25-10-8-15(9-11-25)21(27)24-16-4-7-18(22)19(23)12-16/h2-7,12,15H,8-11,13H2,1H3,(H,24,27). The van der Waals surface area contributed by atoms with Crippen LogP contribution in [-0.4, -0.2) is 36.4 Å². The van der Waals surface area contributed by atoms with Gasteiger partial charge in [-0.05, 0) is 44.0 Å². The minimum Gasteiger partial charge on any atom is -0.484 e. The number of aryl methyl sites for hydroxylation is 1. The van der Waals surface area contributed by atoms with E-state index in [1.54, 1.807) is 4.90 Å². The number of rotatable bonds is 5. The molecule has 0 aromatic heterocycles. The summed E-state index contributed by atoms with van der Waals surface area (Å²) in [6.07, 6.45) is 1.01. The molecule has 1 heterocycles. The fourth-order valence-electron chi connectivity index (χ4n) is 3.08. The van der Waals surface area contributed by atoms with Gasteiger partial charge in [0.15, 0.2) is 18.2 Å². The Morgan fingerprint density at radius 1 is 1.07 bits per heavy atom. The quantitative estimate of drug-likeness (QED) is 0.853. The highest BCUT2D eigenvalue weighted by molar-refractivity contribution is 5.92. The monoisotopic (exact) mass is 388 g/mol. The zero-order valence-corrected chi connectivity index (χ0v) is 15.6. The number of carbonyl (C=O) groups excluding carboxylic acids is 2. The van der Waals surface area contributed by atoms with Gasteiger partial charge in [-0.3, -0.25) is 9.59 Å². The fraction of sp³-hybridized carbons (Fsp3) is 0.333. The highest BCUT2D eigenvalue weighted by atomic mass is 19.2. The van der Waals surface area contributed by atoms with E-state index in [2.05, 4.69) is 5.32 Å². The lowest BCUT2D eigenvalue weighted by molar-refractivity contribution is -0.136. The van der Waals surface area contributed by atoms with Gasteiger partial charge in [0.05, 0.1) is 0 Å². The van der Waals surface area contributed by atoms with Gasteiger partial charge in [-0.25, -0.2) is 8.78 Å². The predicted octanol–water partition coefficient (Wildman–Crippen LogP) is 3.53. The van der Waals surface area contributed by atoms with Crippen LogP contribution in [0.2, 0.25) is 0 Å². The molecule has 0 aliphatic carbocycles. The molecule has 0 saturated carbocycles. The summed E-state index contributed by atoms with van der Waals surface area (Å²) in [7, 11) is 0. The van der Waals surface area contributed by atoms with E-state index in [0.29, 0.717) is 31.7 Å². The third-order valence-electron chi connectivity index (χ3n) is 4.79. The van der Waals surface area contributed by atoms with Crippen molar-refractivity contribution in [1.82, 2.24) is 4.90 Å². The van der Waals surface area contributed by atoms with Gasteiger partial charge in [0, 0.05) is 30.8 Å². The second kappa shape index (κ2) is 8.82. The lowest BCUT2D eigenvalue weighted by Crippen LogP contribution is -2.43. The molecule has 0 unspecified atom stereocenters. The molecule has 0 radical (unpaired) electrons. The molecular formula is C21H22F2N2O3. The van der Waals surface area contributed by atoms with E-state index in [4.69, 9.17) is 4.74 Å². The van der Waals surface area contributed by atoms with E-state index < -0.39 is 11.6 Å². The van der Waals surface area contributed by atoms with E-state index in [1.807, 2.05) is 31.2 Å². The van der Waals surface area contributed by atoms with E-state index in [-0.39, 0.29) is 30.0 Å². The number of anilines is 1. The number of hydrogen-bond donors (Lipinski definition) is 1. The summed E-state index contributed by atoms with van der Waals surface area (Å²) in [4.78, 5) is 26.3. The number of amides is 2. The Kier molecular flexibility index (Phi) is 6.23. The van der Waals surface area contributed by atoms with E-state index >= 15 is 0 Å². The summed E-state index contributed by atoms with van der Waals surface area (Å²) >= 11 is 0. The highest BCUT2D eigenvalue weighted by Gasteiger charge is 2.27. The molecule has 1 aliphatic rings. The first kappa shape index (κ1) is 19.8. The number of nitrogens with one attached hydrogen (secondary N) is 1. The number of benzene rings is 2. The van der Waals surface area contributed by atoms with Crippen LogP contribution in [0.5, 0.6) is 5.75 Å². The van der Waals surface area contributed by atoms with Crippen molar-refractivity contribution in [3.05, 3.63) is 59.7 Å². The molecule has 0 bridgehead atoms. The van der Waals surface area contributed by atoms with Crippen LogP contribution in [0.1, 0.15) is 18.4 Å². The number of halogens is 2. The molecule has 7 heteroatoms. The molecule has 2 amide bonds. The first-order valence-corrected chi connectivity index (χ1v) is 9.15. The van der Waals surface area contributed by atoms with Crippen molar-refractivity contribution in [1.29, 1.82) is 0 Å². The summed E-state index contributed by atoms with van der Waals surface area (Å²) in [5.74, 6) is -1.99. The van der Waals surface area contributed by atoms with Crippen molar-refractivity contribution in [3.8, 4) is 5.75 Å². The SMILES string of the molecule is Cc1ccc(OCC(=O)N2CCC(C(=O)Nc3ccc(F)c(F)c3)CC2)cc1. The molecule has 0 atom stereocenters. The Balaban J connectivity index is 1.45. The fourth-order valence-corrected chi connectivity index (χ4v) is 3.08. The van der Waals surface area contributed by atoms with Crippen LogP contribution in [0.15, 0.2) is 42.5 Å². The number of piperidine rings is 1. The van der Waals surface area contributed by atoms with Crippen LogP contribution in [0.3, 0.4) is 0 Å². The van der Waals surface area contributed by atoms with Crippen LogP contribution in [0.25, 0.3) is 0 Å². The number of nitrogens with zero attached hydrogens (tertiary/aromatic N) is 1. The minimum absolute atomic E-state index is 0.0468. The molecule has 2 aromatic rings. The van der Waals surface area contributed by atoms with Gasteiger partial charge in [0.2, 0.25) is 5.91 Å². The molecule has 1 saturated heterocycles. The lowest BCUT2D eigenvalue weighted by Gasteiger charge is -2.31. The lowest BCUT2D eigenvalue weighted by atomic mass is 9.95.